The molecule has 2 heterocycles. The summed E-state index contributed by atoms with van der Waals surface area (Å²) < 4.78 is 1.00. The molecule has 1 fully saturated rings. The van der Waals surface area contributed by atoms with Crippen LogP contribution in [-0.4, -0.2) is 23.2 Å². The van der Waals surface area contributed by atoms with Crippen molar-refractivity contribution >= 4 is 56.2 Å². The molecule has 0 spiro atoms. The molecule has 4 nitrogen and oxygen atoms in total. The van der Waals surface area contributed by atoms with Crippen LogP contribution in [0.4, 0.5) is 11.4 Å². The Morgan fingerprint density at radius 1 is 1.27 bits per heavy atom. The first kappa shape index (κ1) is 21.2. The zero-order valence-electron chi connectivity index (χ0n) is 17.7. The van der Waals surface area contributed by atoms with Crippen molar-refractivity contribution in [3.05, 3.63) is 63.0 Å². The molecule has 2 aliphatic heterocycles. The average molecular weight is 484 g/mol. The maximum atomic E-state index is 12.5. The Morgan fingerprint density at radius 2 is 2.00 bits per heavy atom. The fourth-order valence-corrected chi connectivity index (χ4v) is 5.57. The van der Waals surface area contributed by atoms with Crippen molar-refractivity contribution < 1.29 is 4.79 Å². The van der Waals surface area contributed by atoms with Gasteiger partial charge >= 0.3 is 0 Å². The molecule has 156 valence electrons. The summed E-state index contributed by atoms with van der Waals surface area (Å²) >= 11 is 4.81. The van der Waals surface area contributed by atoms with Crippen molar-refractivity contribution in [2.45, 2.75) is 45.6 Å². The fraction of sp³-hybridized carbons (Fsp3) is 0.333. The third-order valence-corrected chi connectivity index (χ3v) is 7.17. The second kappa shape index (κ2) is 8.23. The minimum Gasteiger partial charge on any atom is -0.366 e. The van der Waals surface area contributed by atoms with E-state index in [0.29, 0.717) is 16.0 Å². The maximum absolute atomic E-state index is 12.5. The van der Waals surface area contributed by atoms with E-state index in [9.17, 15) is 4.79 Å². The van der Waals surface area contributed by atoms with E-state index in [4.69, 9.17) is 0 Å². The lowest BCUT2D eigenvalue weighted by molar-refractivity contribution is -0.115. The Kier molecular flexibility index (Phi) is 5.82. The van der Waals surface area contributed by atoms with E-state index in [1.807, 2.05) is 30.3 Å². The Hall–Kier alpha value is -2.05. The number of fused-ring (bicyclic) bond motifs is 1. The summed E-state index contributed by atoms with van der Waals surface area (Å²) in [4.78, 5) is 20.2. The summed E-state index contributed by atoms with van der Waals surface area (Å²) in [6.45, 7) is 10.1. The van der Waals surface area contributed by atoms with Gasteiger partial charge < -0.3 is 10.2 Å². The molecule has 0 aliphatic carbocycles. The highest BCUT2D eigenvalue weighted by Crippen LogP contribution is 2.43. The third-order valence-electron chi connectivity index (χ3n) is 5.73. The summed E-state index contributed by atoms with van der Waals surface area (Å²) in [6.07, 6.45) is 3.08. The number of hydrogen-bond acceptors (Lipinski definition) is 4. The molecule has 4 rings (SSSR count). The first-order valence-electron chi connectivity index (χ1n) is 10.2. The molecule has 30 heavy (non-hydrogen) atoms. The van der Waals surface area contributed by atoms with Gasteiger partial charge in [-0.05, 0) is 98.5 Å². The molecule has 2 aliphatic rings. The van der Waals surface area contributed by atoms with Gasteiger partial charge in [0.1, 0.15) is 0 Å². The van der Waals surface area contributed by atoms with E-state index in [1.54, 1.807) is 0 Å². The smallest absolute Gasteiger partial charge is 0.264 e. The van der Waals surface area contributed by atoms with Gasteiger partial charge in [0, 0.05) is 22.2 Å². The van der Waals surface area contributed by atoms with Crippen molar-refractivity contribution in [1.82, 2.24) is 5.32 Å². The zero-order chi connectivity index (χ0) is 21.5. The molecular formula is C24H26BrN3OS. The van der Waals surface area contributed by atoms with Gasteiger partial charge in [0.2, 0.25) is 0 Å². The summed E-state index contributed by atoms with van der Waals surface area (Å²) in [5.41, 5.74) is 4.69. The van der Waals surface area contributed by atoms with Crippen LogP contribution in [0, 0.1) is 0 Å². The van der Waals surface area contributed by atoms with Crippen LogP contribution in [0.1, 0.15) is 51.2 Å². The molecule has 2 aromatic rings. The quantitative estimate of drug-likeness (QED) is 0.509. The lowest BCUT2D eigenvalue weighted by Gasteiger charge is -2.47. The second-order valence-corrected chi connectivity index (χ2v) is 10.4. The SMILES string of the molecule is CCN1c2ccc(/C=C3\SC(=Nc4ccc(Br)cc4)NC3=O)cc2[C@H](C)CC1(C)C. The van der Waals surface area contributed by atoms with Gasteiger partial charge in [-0.15, -0.1) is 0 Å². The number of amides is 1. The number of nitrogens with zero attached hydrogens (tertiary/aromatic N) is 2. The zero-order valence-corrected chi connectivity index (χ0v) is 20.1. The molecule has 1 atom stereocenters. The molecule has 6 heteroatoms. The number of nitrogens with one attached hydrogen (secondary N) is 1. The normalized spacial score (nSPS) is 23.0. The van der Waals surface area contributed by atoms with E-state index < -0.39 is 0 Å². The van der Waals surface area contributed by atoms with Gasteiger partial charge in [-0.2, -0.15) is 0 Å². The van der Waals surface area contributed by atoms with Crippen LogP contribution in [0.2, 0.25) is 0 Å². The maximum Gasteiger partial charge on any atom is 0.264 e. The fourth-order valence-electron chi connectivity index (χ4n) is 4.46. The number of hydrogen-bond donors (Lipinski definition) is 1. The minimum atomic E-state index is -0.0991. The minimum absolute atomic E-state index is 0.0991. The molecule has 0 bridgehead atoms. The standard InChI is InChI=1S/C24H26BrN3OS/c1-5-28-20-11-6-16(12-19(20)15(2)14-24(28,3)4)13-21-22(29)27-23(30-21)26-18-9-7-17(25)8-10-18/h6-13,15H,5,14H2,1-4H3,(H,26,27,29)/b21-13-/t15-/m1/s1. The average Bonchev–Trinajstić information content (AvgIpc) is 3.02. The van der Waals surface area contributed by atoms with Crippen LogP contribution >= 0.6 is 27.7 Å². The van der Waals surface area contributed by atoms with Crippen molar-refractivity contribution in [2.75, 3.05) is 11.4 Å². The monoisotopic (exact) mass is 483 g/mol. The number of carbonyl (C=O) groups excluding carboxylic acids is 1. The molecule has 0 unspecified atom stereocenters. The Bertz CT molecular complexity index is 1040. The Morgan fingerprint density at radius 3 is 2.70 bits per heavy atom. The third kappa shape index (κ3) is 4.21. The summed E-state index contributed by atoms with van der Waals surface area (Å²) in [7, 11) is 0. The summed E-state index contributed by atoms with van der Waals surface area (Å²) in [5, 5.41) is 3.48. The number of aliphatic imine (C=N–C) groups is 1. The van der Waals surface area contributed by atoms with Gasteiger partial charge in [-0.1, -0.05) is 28.9 Å². The van der Waals surface area contributed by atoms with E-state index in [2.05, 4.69) is 77.0 Å². The van der Waals surface area contributed by atoms with E-state index in [1.165, 1.54) is 23.0 Å². The summed E-state index contributed by atoms with van der Waals surface area (Å²) in [6, 6.07) is 14.3. The molecule has 0 saturated carbocycles. The predicted molar refractivity (Wildman–Crippen MR) is 132 cm³/mol. The van der Waals surface area contributed by atoms with Crippen LogP contribution in [0.25, 0.3) is 6.08 Å². The number of anilines is 1. The van der Waals surface area contributed by atoms with Crippen LogP contribution in [0.5, 0.6) is 0 Å². The Labute approximate surface area is 191 Å². The molecule has 1 amide bonds. The van der Waals surface area contributed by atoms with E-state index >= 15 is 0 Å². The molecular weight excluding hydrogens is 458 g/mol. The number of benzene rings is 2. The number of amidine groups is 1. The van der Waals surface area contributed by atoms with E-state index in [-0.39, 0.29) is 11.4 Å². The second-order valence-electron chi connectivity index (χ2n) is 8.44. The topological polar surface area (TPSA) is 44.7 Å². The molecule has 2 aromatic carbocycles. The summed E-state index contributed by atoms with van der Waals surface area (Å²) in [5.74, 6) is 0.383. The molecule has 1 saturated heterocycles. The van der Waals surface area contributed by atoms with Gasteiger partial charge in [0.05, 0.1) is 10.6 Å². The first-order valence-corrected chi connectivity index (χ1v) is 11.8. The Balaban J connectivity index is 1.60. The van der Waals surface area contributed by atoms with Gasteiger partial charge in [-0.3, -0.25) is 4.79 Å². The van der Waals surface area contributed by atoms with Crippen LogP contribution in [0.15, 0.2) is 56.8 Å². The predicted octanol–water partition coefficient (Wildman–Crippen LogP) is 6.45. The van der Waals surface area contributed by atoms with Crippen molar-refractivity contribution in [3.8, 4) is 0 Å². The highest BCUT2D eigenvalue weighted by atomic mass is 79.9. The first-order chi connectivity index (χ1) is 14.3. The van der Waals surface area contributed by atoms with Gasteiger partial charge in [0.15, 0.2) is 5.17 Å². The lowest BCUT2D eigenvalue weighted by Crippen LogP contribution is -2.48. The molecule has 0 aromatic heterocycles. The molecule has 1 N–H and O–H groups in total. The van der Waals surface area contributed by atoms with Crippen molar-refractivity contribution in [1.29, 1.82) is 0 Å². The van der Waals surface area contributed by atoms with Crippen molar-refractivity contribution in [3.63, 3.8) is 0 Å². The van der Waals surface area contributed by atoms with Crippen LogP contribution < -0.4 is 10.2 Å². The van der Waals surface area contributed by atoms with E-state index in [0.717, 1.165) is 28.7 Å². The van der Waals surface area contributed by atoms with Crippen LogP contribution in [0.3, 0.4) is 0 Å². The van der Waals surface area contributed by atoms with Gasteiger partial charge in [-0.25, -0.2) is 4.99 Å². The lowest BCUT2D eigenvalue weighted by atomic mass is 9.79. The number of rotatable bonds is 3. The molecule has 0 radical (unpaired) electrons. The van der Waals surface area contributed by atoms with Crippen molar-refractivity contribution in [2.24, 2.45) is 4.99 Å². The highest BCUT2D eigenvalue weighted by molar-refractivity contribution is 9.10. The van der Waals surface area contributed by atoms with Gasteiger partial charge in [0.25, 0.3) is 5.91 Å². The largest absolute Gasteiger partial charge is 0.366 e. The number of thioether (sulfide) groups is 1. The highest BCUT2D eigenvalue weighted by Gasteiger charge is 2.35. The van der Waals surface area contributed by atoms with Crippen LogP contribution in [-0.2, 0) is 4.79 Å². The number of carbonyl (C=O) groups is 1. The number of halogens is 1.